The van der Waals surface area contributed by atoms with E-state index in [9.17, 15) is 0 Å². The molecule has 0 bridgehead atoms. The zero-order valence-corrected chi connectivity index (χ0v) is 13.2. The lowest BCUT2D eigenvalue weighted by molar-refractivity contribution is 0.482. The molecule has 0 aliphatic heterocycles. The van der Waals surface area contributed by atoms with Gasteiger partial charge in [-0.3, -0.25) is 0 Å². The molecule has 0 amide bonds. The minimum absolute atomic E-state index is 1.03. The van der Waals surface area contributed by atoms with E-state index in [1.807, 2.05) is 36.4 Å². The minimum Gasteiger partial charge on any atom is -0.358 e. The molecule has 0 saturated carbocycles. The molecule has 1 nitrogen and oxygen atoms in total. The van der Waals surface area contributed by atoms with Crippen LogP contribution in [-0.2, 0) is 0 Å². The smallest absolute Gasteiger partial charge is 0.136 e. The molecule has 3 heteroatoms. The number of hydrogen-bond donors (Lipinski definition) is 0. The van der Waals surface area contributed by atoms with Crippen LogP contribution < -0.4 is 0 Å². The lowest BCUT2D eigenvalue weighted by atomic mass is 10.2. The van der Waals surface area contributed by atoms with Crippen LogP contribution in [-0.4, -0.2) is 28.1 Å². The Bertz CT molecular complexity index is 332. The van der Waals surface area contributed by atoms with Gasteiger partial charge in [0.05, 0.1) is 0 Å². The van der Waals surface area contributed by atoms with Crippen molar-refractivity contribution in [3.8, 4) is 0 Å². The SMILES string of the molecule is C=Cc1ccccc1.CCSC(=S)N(CC)CC. The van der Waals surface area contributed by atoms with Crippen LogP contribution >= 0.6 is 24.0 Å². The van der Waals surface area contributed by atoms with Crippen LogP contribution in [0.4, 0.5) is 0 Å². The van der Waals surface area contributed by atoms with Crippen LogP contribution in [0.15, 0.2) is 36.9 Å². The Morgan fingerprint density at radius 2 is 1.78 bits per heavy atom. The lowest BCUT2D eigenvalue weighted by Gasteiger charge is -2.20. The molecule has 0 spiro atoms. The fourth-order valence-corrected chi connectivity index (χ4v) is 2.59. The molecule has 0 N–H and O–H groups in total. The highest BCUT2D eigenvalue weighted by Gasteiger charge is 2.02. The highest BCUT2D eigenvalue weighted by molar-refractivity contribution is 8.22. The summed E-state index contributed by atoms with van der Waals surface area (Å²) in [7, 11) is 0. The molecule has 1 aromatic carbocycles. The van der Waals surface area contributed by atoms with Gasteiger partial charge in [-0.1, -0.05) is 73.9 Å². The molecule has 0 aliphatic carbocycles. The van der Waals surface area contributed by atoms with E-state index in [1.54, 1.807) is 11.8 Å². The van der Waals surface area contributed by atoms with Gasteiger partial charge in [0.1, 0.15) is 4.32 Å². The van der Waals surface area contributed by atoms with Crippen molar-refractivity contribution in [1.82, 2.24) is 4.90 Å². The molecule has 18 heavy (non-hydrogen) atoms. The largest absolute Gasteiger partial charge is 0.358 e. The van der Waals surface area contributed by atoms with Gasteiger partial charge in [0.2, 0.25) is 0 Å². The highest BCUT2D eigenvalue weighted by Crippen LogP contribution is 2.07. The summed E-state index contributed by atoms with van der Waals surface area (Å²) in [5, 5.41) is 0. The Labute approximate surface area is 121 Å². The van der Waals surface area contributed by atoms with E-state index in [0.29, 0.717) is 0 Å². The summed E-state index contributed by atoms with van der Waals surface area (Å²) in [5.41, 5.74) is 1.17. The average Bonchev–Trinajstić information content (AvgIpc) is 2.42. The maximum absolute atomic E-state index is 5.16. The molecule has 1 rings (SSSR count). The number of hydrogen-bond acceptors (Lipinski definition) is 2. The number of rotatable bonds is 4. The number of thioether (sulfide) groups is 1. The molecule has 0 saturated heterocycles. The standard InChI is InChI=1S/C8H8.C7H15NS2/c1-2-8-6-4-3-5-7-8;1-4-8(5-2)7(9)10-6-3/h2-7H,1H2;4-6H2,1-3H3. The van der Waals surface area contributed by atoms with E-state index in [4.69, 9.17) is 12.2 Å². The third kappa shape index (κ3) is 7.51. The zero-order chi connectivity index (χ0) is 13.8. The molecule has 0 aromatic heterocycles. The van der Waals surface area contributed by atoms with Crippen LogP contribution in [0, 0.1) is 0 Å². The quantitative estimate of drug-likeness (QED) is 0.737. The van der Waals surface area contributed by atoms with E-state index >= 15 is 0 Å². The molecule has 1 aromatic rings. The first-order chi connectivity index (χ1) is 8.69. The van der Waals surface area contributed by atoms with Crippen molar-refractivity contribution in [2.45, 2.75) is 20.8 Å². The molecular weight excluding hydrogens is 258 g/mol. The van der Waals surface area contributed by atoms with Crippen LogP contribution in [0.25, 0.3) is 6.08 Å². The first-order valence-corrected chi connectivity index (χ1v) is 7.68. The van der Waals surface area contributed by atoms with E-state index in [2.05, 4.69) is 32.3 Å². The van der Waals surface area contributed by atoms with Gasteiger partial charge in [-0.05, 0) is 25.2 Å². The van der Waals surface area contributed by atoms with E-state index in [-0.39, 0.29) is 0 Å². The highest BCUT2D eigenvalue weighted by atomic mass is 32.2. The Morgan fingerprint density at radius 3 is 2.11 bits per heavy atom. The second-order valence-corrected chi connectivity index (χ2v) is 5.38. The molecule has 0 fully saturated rings. The van der Waals surface area contributed by atoms with Crippen LogP contribution in [0.3, 0.4) is 0 Å². The summed E-state index contributed by atoms with van der Waals surface area (Å²) >= 11 is 6.91. The third-order valence-electron chi connectivity index (χ3n) is 2.32. The van der Waals surface area contributed by atoms with Gasteiger partial charge >= 0.3 is 0 Å². The molecule has 0 aliphatic rings. The number of thiocarbonyl (C=S) groups is 1. The maximum atomic E-state index is 5.16. The molecular formula is C15H23NS2. The van der Waals surface area contributed by atoms with Gasteiger partial charge in [0.25, 0.3) is 0 Å². The van der Waals surface area contributed by atoms with Gasteiger partial charge in [-0.25, -0.2) is 0 Å². The van der Waals surface area contributed by atoms with Crippen molar-refractivity contribution in [2.24, 2.45) is 0 Å². The Hall–Kier alpha value is -0.800. The monoisotopic (exact) mass is 281 g/mol. The van der Waals surface area contributed by atoms with Gasteiger partial charge in [0, 0.05) is 13.1 Å². The van der Waals surface area contributed by atoms with E-state index < -0.39 is 0 Å². The molecule has 0 unspecified atom stereocenters. The van der Waals surface area contributed by atoms with Gasteiger partial charge in [0.15, 0.2) is 0 Å². The third-order valence-corrected chi connectivity index (χ3v) is 3.73. The normalized spacial score (nSPS) is 9.06. The Kier molecular flexibility index (Phi) is 10.8. The van der Waals surface area contributed by atoms with Gasteiger partial charge in [-0.15, -0.1) is 0 Å². The van der Waals surface area contributed by atoms with E-state index in [0.717, 1.165) is 23.2 Å². The minimum atomic E-state index is 1.03. The molecule has 0 atom stereocenters. The first kappa shape index (κ1) is 17.2. The first-order valence-electron chi connectivity index (χ1n) is 6.28. The van der Waals surface area contributed by atoms with Crippen molar-refractivity contribution in [2.75, 3.05) is 18.8 Å². The van der Waals surface area contributed by atoms with Crippen molar-refractivity contribution in [3.63, 3.8) is 0 Å². The molecule has 0 heterocycles. The topological polar surface area (TPSA) is 3.24 Å². The molecule has 100 valence electrons. The predicted octanol–water partition coefficient (Wildman–Crippen LogP) is 4.70. The van der Waals surface area contributed by atoms with Crippen molar-refractivity contribution in [3.05, 3.63) is 42.5 Å². The van der Waals surface area contributed by atoms with Gasteiger partial charge in [-0.2, -0.15) is 0 Å². The summed E-state index contributed by atoms with van der Waals surface area (Å²) in [6.45, 7) is 12.1. The zero-order valence-electron chi connectivity index (χ0n) is 11.6. The summed E-state index contributed by atoms with van der Waals surface area (Å²) < 4.78 is 1.03. The predicted molar refractivity (Wildman–Crippen MR) is 90.2 cm³/mol. The molecule has 0 radical (unpaired) electrons. The number of nitrogens with zero attached hydrogens (tertiary/aromatic N) is 1. The second kappa shape index (κ2) is 11.3. The Morgan fingerprint density at radius 1 is 1.22 bits per heavy atom. The van der Waals surface area contributed by atoms with Crippen LogP contribution in [0.2, 0.25) is 0 Å². The van der Waals surface area contributed by atoms with Crippen molar-refractivity contribution >= 4 is 34.4 Å². The maximum Gasteiger partial charge on any atom is 0.136 e. The summed E-state index contributed by atoms with van der Waals surface area (Å²) in [5.74, 6) is 1.08. The lowest BCUT2D eigenvalue weighted by Crippen LogP contribution is -2.26. The van der Waals surface area contributed by atoms with Gasteiger partial charge < -0.3 is 4.90 Å². The fourth-order valence-electron chi connectivity index (χ4n) is 1.29. The van der Waals surface area contributed by atoms with Crippen molar-refractivity contribution < 1.29 is 0 Å². The Balaban J connectivity index is 0.000000327. The van der Waals surface area contributed by atoms with E-state index in [1.165, 1.54) is 5.56 Å². The second-order valence-electron chi connectivity index (χ2n) is 3.49. The van der Waals surface area contributed by atoms with Crippen molar-refractivity contribution in [1.29, 1.82) is 0 Å². The fraction of sp³-hybridized carbons (Fsp3) is 0.400. The van der Waals surface area contributed by atoms with Crippen LogP contribution in [0.1, 0.15) is 26.3 Å². The average molecular weight is 281 g/mol. The number of benzene rings is 1. The summed E-state index contributed by atoms with van der Waals surface area (Å²) in [6.07, 6.45) is 1.83. The summed E-state index contributed by atoms with van der Waals surface area (Å²) in [4.78, 5) is 2.20. The summed E-state index contributed by atoms with van der Waals surface area (Å²) in [6, 6.07) is 10.0. The van der Waals surface area contributed by atoms with Crippen LogP contribution in [0.5, 0.6) is 0 Å².